The zero-order chi connectivity index (χ0) is 29.2. The Balaban J connectivity index is 1.55. The number of nitrogens with one attached hydrogen (secondary N) is 2. The van der Waals surface area contributed by atoms with Gasteiger partial charge in [0.25, 0.3) is 5.91 Å². The van der Waals surface area contributed by atoms with Crippen molar-refractivity contribution in [3.05, 3.63) is 120 Å². The molecule has 0 aliphatic heterocycles. The summed E-state index contributed by atoms with van der Waals surface area (Å²) < 4.78 is 12.8. The smallest absolute Gasteiger partial charge is 0.266 e. The van der Waals surface area contributed by atoms with Gasteiger partial charge in [0, 0.05) is 12.5 Å². The van der Waals surface area contributed by atoms with E-state index in [1.807, 2.05) is 60.7 Å². The number of methoxy groups -OCH3 is 1. The van der Waals surface area contributed by atoms with Crippen LogP contribution in [-0.4, -0.2) is 45.1 Å². The fraction of sp³-hybridized carbons (Fsp3) is 0.194. The Hall–Kier alpha value is -4.93. The molecule has 10 nitrogen and oxygen atoms in total. The Morgan fingerprint density at radius 2 is 1.63 bits per heavy atom. The molecule has 2 unspecified atom stereocenters. The van der Waals surface area contributed by atoms with Gasteiger partial charge in [-0.15, -0.1) is 6.58 Å². The first-order valence-corrected chi connectivity index (χ1v) is 12.9. The first-order chi connectivity index (χ1) is 19.9. The van der Waals surface area contributed by atoms with E-state index in [2.05, 4.69) is 17.0 Å². The van der Waals surface area contributed by atoms with Gasteiger partial charge in [0.2, 0.25) is 11.8 Å². The first-order valence-electron chi connectivity index (χ1n) is 12.9. The molecule has 4 rings (SSSR count). The summed E-state index contributed by atoms with van der Waals surface area (Å²) in [4.78, 5) is 25.6. The minimum atomic E-state index is -1.41. The van der Waals surface area contributed by atoms with Crippen LogP contribution in [-0.2, 0) is 22.6 Å². The fourth-order valence-corrected chi connectivity index (χ4v) is 4.23. The molecule has 3 aromatic carbocycles. The van der Waals surface area contributed by atoms with Gasteiger partial charge in [0.15, 0.2) is 0 Å². The number of nitrogens with zero attached hydrogens (tertiary/aromatic N) is 2. The summed E-state index contributed by atoms with van der Waals surface area (Å²) in [6.45, 7) is 3.94. The highest BCUT2D eigenvalue weighted by molar-refractivity contribution is 5.89. The molecular formula is C31H32N4O6. The van der Waals surface area contributed by atoms with Crippen molar-refractivity contribution in [1.82, 2.24) is 20.6 Å². The number of carbonyl (C=O) groups is 2. The van der Waals surface area contributed by atoms with Crippen molar-refractivity contribution in [3.63, 3.8) is 0 Å². The molecule has 0 aliphatic rings. The van der Waals surface area contributed by atoms with Crippen molar-refractivity contribution in [1.29, 1.82) is 0 Å². The van der Waals surface area contributed by atoms with E-state index in [1.165, 1.54) is 10.8 Å². The van der Waals surface area contributed by atoms with E-state index in [9.17, 15) is 19.9 Å². The highest BCUT2D eigenvalue weighted by Gasteiger charge is 2.31. The summed E-state index contributed by atoms with van der Waals surface area (Å²) in [5.41, 5.74) is 4.12. The van der Waals surface area contributed by atoms with Crippen molar-refractivity contribution >= 4 is 11.8 Å². The second-order valence-corrected chi connectivity index (χ2v) is 9.22. The Kier molecular flexibility index (Phi) is 9.87. The van der Waals surface area contributed by atoms with Crippen LogP contribution < -0.4 is 20.3 Å². The lowest BCUT2D eigenvalue weighted by molar-refractivity contribution is -0.136. The number of hydrogen-bond donors (Lipinski definition) is 4. The lowest BCUT2D eigenvalue weighted by atomic mass is 9.97. The molecule has 2 amide bonds. The minimum absolute atomic E-state index is 0.130. The number of hydroxylamine groups is 1. The third-order valence-electron chi connectivity index (χ3n) is 6.47. The van der Waals surface area contributed by atoms with E-state index in [-0.39, 0.29) is 18.7 Å². The van der Waals surface area contributed by atoms with Crippen LogP contribution in [0.4, 0.5) is 0 Å². The number of aliphatic hydroxyl groups is 1. The normalized spacial score (nSPS) is 13.0. The third-order valence-corrected chi connectivity index (χ3v) is 6.47. The average molecular weight is 557 g/mol. The SMILES string of the molecule is C=CC(C(=O)NC(Cc1ccccc1)C(=O)NO)[C@H](O)c1cc(OCc2ccc(OC)cc2)n(-c2ccccc2)n1. The topological polar surface area (TPSA) is 135 Å². The van der Waals surface area contributed by atoms with Crippen LogP contribution in [0.5, 0.6) is 11.6 Å². The summed E-state index contributed by atoms with van der Waals surface area (Å²) in [5.74, 6) is -1.53. The molecule has 41 heavy (non-hydrogen) atoms. The number of benzene rings is 3. The lowest BCUT2D eigenvalue weighted by Crippen LogP contribution is -2.49. The van der Waals surface area contributed by atoms with Gasteiger partial charge in [-0.1, -0.05) is 66.7 Å². The zero-order valence-electron chi connectivity index (χ0n) is 22.5. The minimum Gasteiger partial charge on any atom is -0.497 e. The molecule has 1 aromatic heterocycles. The van der Waals surface area contributed by atoms with Crippen molar-refractivity contribution in [2.45, 2.75) is 25.2 Å². The standard InChI is InChI=1S/C31H32N4O6/c1-3-25(30(37)32-27(31(38)34-39)18-21-10-6-4-7-11-21)29(36)26-19-28(35(33-26)23-12-8-5-9-13-23)41-20-22-14-16-24(40-2)17-15-22/h3-17,19,25,27,29,36,39H,1,18,20H2,2H3,(H,32,37)(H,34,38)/t25?,27?,29-/m0/s1. The molecule has 1 heterocycles. The van der Waals surface area contributed by atoms with Gasteiger partial charge in [-0.05, 0) is 35.4 Å². The molecular weight excluding hydrogens is 524 g/mol. The Morgan fingerprint density at radius 3 is 2.24 bits per heavy atom. The van der Waals surface area contributed by atoms with Gasteiger partial charge in [0.1, 0.15) is 24.5 Å². The van der Waals surface area contributed by atoms with E-state index in [0.717, 1.165) is 16.9 Å². The summed E-state index contributed by atoms with van der Waals surface area (Å²) in [7, 11) is 1.60. The van der Waals surface area contributed by atoms with Gasteiger partial charge in [-0.3, -0.25) is 14.8 Å². The number of rotatable bonds is 13. The largest absolute Gasteiger partial charge is 0.497 e. The number of aliphatic hydroxyl groups excluding tert-OH is 1. The first kappa shape index (κ1) is 29.1. The van der Waals surface area contributed by atoms with Crippen LogP contribution in [0.15, 0.2) is 104 Å². The van der Waals surface area contributed by atoms with E-state index in [1.54, 1.807) is 42.9 Å². The highest BCUT2D eigenvalue weighted by atomic mass is 16.5. The van der Waals surface area contributed by atoms with Crippen LogP contribution in [0.25, 0.3) is 5.69 Å². The van der Waals surface area contributed by atoms with Crippen LogP contribution in [0.1, 0.15) is 22.9 Å². The molecule has 0 saturated carbocycles. The van der Waals surface area contributed by atoms with Gasteiger partial charge in [0.05, 0.1) is 24.4 Å². The van der Waals surface area contributed by atoms with Crippen molar-refractivity contribution in [2.24, 2.45) is 5.92 Å². The molecule has 10 heteroatoms. The Bertz CT molecular complexity index is 1440. The predicted molar refractivity (Wildman–Crippen MR) is 152 cm³/mol. The highest BCUT2D eigenvalue weighted by Crippen LogP contribution is 2.29. The van der Waals surface area contributed by atoms with Crippen LogP contribution >= 0.6 is 0 Å². The second-order valence-electron chi connectivity index (χ2n) is 9.22. The van der Waals surface area contributed by atoms with Crippen LogP contribution in [0, 0.1) is 5.92 Å². The molecule has 0 radical (unpaired) electrons. The number of amides is 2. The quantitative estimate of drug-likeness (QED) is 0.112. The van der Waals surface area contributed by atoms with Gasteiger partial charge < -0.3 is 19.9 Å². The van der Waals surface area contributed by atoms with Crippen LogP contribution in [0.2, 0.25) is 0 Å². The van der Waals surface area contributed by atoms with Gasteiger partial charge >= 0.3 is 0 Å². The maximum atomic E-state index is 13.3. The number of para-hydroxylation sites is 1. The molecule has 0 spiro atoms. The number of hydrogen-bond acceptors (Lipinski definition) is 7. The average Bonchev–Trinajstić information content (AvgIpc) is 3.45. The fourth-order valence-electron chi connectivity index (χ4n) is 4.23. The summed E-state index contributed by atoms with van der Waals surface area (Å²) in [6, 6.07) is 26.2. The molecule has 0 saturated heterocycles. The van der Waals surface area contributed by atoms with Gasteiger partial charge in [-0.2, -0.15) is 5.10 Å². The Morgan fingerprint density at radius 1 is 0.976 bits per heavy atom. The number of aromatic nitrogens is 2. The van der Waals surface area contributed by atoms with Crippen molar-refractivity contribution in [3.8, 4) is 17.3 Å². The Labute approximate surface area is 237 Å². The number of carbonyl (C=O) groups excluding carboxylic acids is 2. The maximum absolute atomic E-state index is 13.3. The van der Waals surface area contributed by atoms with E-state index in [0.29, 0.717) is 11.6 Å². The lowest BCUT2D eigenvalue weighted by Gasteiger charge is -2.22. The summed E-state index contributed by atoms with van der Waals surface area (Å²) in [6.07, 6.45) is 0.0104. The van der Waals surface area contributed by atoms with Crippen molar-refractivity contribution < 1.29 is 29.4 Å². The molecule has 4 aromatic rings. The molecule has 0 aliphatic carbocycles. The van der Waals surface area contributed by atoms with E-state index in [4.69, 9.17) is 9.47 Å². The molecule has 4 N–H and O–H groups in total. The van der Waals surface area contributed by atoms with Crippen LogP contribution in [0.3, 0.4) is 0 Å². The van der Waals surface area contributed by atoms with Crippen molar-refractivity contribution in [2.75, 3.05) is 7.11 Å². The number of ether oxygens (including phenoxy) is 2. The zero-order valence-corrected chi connectivity index (χ0v) is 22.5. The summed E-state index contributed by atoms with van der Waals surface area (Å²) in [5, 5.41) is 27.6. The summed E-state index contributed by atoms with van der Waals surface area (Å²) >= 11 is 0. The predicted octanol–water partition coefficient (Wildman–Crippen LogP) is 3.53. The van der Waals surface area contributed by atoms with E-state index < -0.39 is 29.9 Å². The third kappa shape index (κ3) is 7.38. The second kappa shape index (κ2) is 13.9. The molecule has 0 fully saturated rings. The molecule has 0 bridgehead atoms. The molecule has 212 valence electrons. The van der Waals surface area contributed by atoms with Gasteiger partial charge in [-0.25, -0.2) is 10.2 Å². The van der Waals surface area contributed by atoms with E-state index >= 15 is 0 Å². The monoisotopic (exact) mass is 556 g/mol. The molecule has 3 atom stereocenters. The maximum Gasteiger partial charge on any atom is 0.266 e.